The number of nitrogens with one attached hydrogen (secondary N) is 1. The zero-order valence-electron chi connectivity index (χ0n) is 10.2. The first-order chi connectivity index (χ1) is 7.52. The molecule has 0 aromatic carbocycles. The molecule has 1 aromatic heterocycles. The lowest BCUT2D eigenvalue weighted by Gasteiger charge is -2.16. The van der Waals surface area contributed by atoms with Crippen molar-refractivity contribution in [3.05, 3.63) is 11.9 Å². The fourth-order valence-electron chi connectivity index (χ4n) is 1.30. The molecule has 1 heterocycles. The van der Waals surface area contributed by atoms with Crippen LogP contribution in [0.1, 0.15) is 19.7 Å². The third kappa shape index (κ3) is 3.39. The molecule has 16 heavy (non-hydrogen) atoms. The van der Waals surface area contributed by atoms with E-state index in [1.807, 2.05) is 20.0 Å². The van der Waals surface area contributed by atoms with Crippen molar-refractivity contribution >= 4 is 11.6 Å². The van der Waals surface area contributed by atoms with E-state index in [2.05, 4.69) is 35.2 Å². The molecule has 0 unspecified atom stereocenters. The second-order valence-corrected chi connectivity index (χ2v) is 3.97. The molecule has 0 bridgehead atoms. The Morgan fingerprint density at radius 1 is 1.50 bits per heavy atom. The maximum Gasteiger partial charge on any atom is 0.134 e. The second kappa shape index (κ2) is 5.31. The van der Waals surface area contributed by atoms with E-state index >= 15 is 0 Å². The summed E-state index contributed by atoms with van der Waals surface area (Å²) >= 11 is 0. The predicted molar refractivity (Wildman–Crippen MR) is 64.4 cm³/mol. The number of rotatable bonds is 4. The molecule has 0 radical (unpaired) electrons. The maximum atomic E-state index is 8.63. The molecule has 1 rings (SSSR count). The number of aryl methyl sites for hydroxylation is 1. The average molecular weight is 219 g/mol. The van der Waals surface area contributed by atoms with Crippen molar-refractivity contribution in [2.75, 3.05) is 23.8 Å². The van der Waals surface area contributed by atoms with Gasteiger partial charge in [-0.3, -0.25) is 0 Å². The lowest BCUT2D eigenvalue weighted by Crippen LogP contribution is -2.20. The van der Waals surface area contributed by atoms with E-state index in [1.165, 1.54) is 0 Å². The van der Waals surface area contributed by atoms with Crippen molar-refractivity contribution in [1.82, 2.24) is 9.97 Å². The number of anilines is 2. The smallest absolute Gasteiger partial charge is 0.134 e. The minimum Gasteiger partial charge on any atom is -0.368 e. The van der Waals surface area contributed by atoms with Gasteiger partial charge in [0.1, 0.15) is 24.0 Å². The standard InChI is InChI=1S/C11H17N5/c1-8(2)13-10-7-11(15-9(3)14-10)16(4)6-5-12/h7-8H,6H2,1-4H3,(H,13,14,15). The van der Waals surface area contributed by atoms with Gasteiger partial charge in [0.05, 0.1) is 6.07 Å². The molecule has 0 aliphatic carbocycles. The minimum atomic E-state index is 0.317. The Labute approximate surface area is 96.1 Å². The van der Waals surface area contributed by atoms with Crippen molar-refractivity contribution in [2.45, 2.75) is 26.8 Å². The average Bonchev–Trinajstić information content (AvgIpc) is 2.15. The summed E-state index contributed by atoms with van der Waals surface area (Å²) in [6, 6.07) is 4.26. The fourth-order valence-corrected chi connectivity index (χ4v) is 1.30. The monoisotopic (exact) mass is 219 g/mol. The fraction of sp³-hybridized carbons (Fsp3) is 0.545. The van der Waals surface area contributed by atoms with Gasteiger partial charge < -0.3 is 10.2 Å². The van der Waals surface area contributed by atoms with Crippen LogP contribution in [0, 0.1) is 18.3 Å². The van der Waals surface area contributed by atoms with Crippen LogP contribution < -0.4 is 10.2 Å². The Morgan fingerprint density at radius 2 is 2.19 bits per heavy atom. The molecule has 0 amide bonds. The molecule has 0 atom stereocenters. The Morgan fingerprint density at radius 3 is 2.75 bits per heavy atom. The molecule has 5 nitrogen and oxygen atoms in total. The van der Waals surface area contributed by atoms with Crippen molar-refractivity contribution in [3.63, 3.8) is 0 Å². The van der Waals surface area contributed by atoms with Crippen LogP contribution in [0.4, 0.5) is 11.6 Å². The quantitative estimate of drug-likeness (QED) is 0.778. The maximum absolute atomic E-state index is 8.63. The number of nitriles is 1. The minimum absolute atomic E-state index is 0.317. The van der Waals surface area contributed by atoms with Crippen LogP contribution in [0.3, 0.4) is 0 Å². The molecule has 0 saturated carbocycles. The summed E-state index contributed by atoms with van der Waals surface area (Å²) in [5, 5.41) is 11.9. The third-order valence-corrected chi connectivity index (χ3v) is 1.96. The van der Waals surface area contributed by atoms with Gasteiger partial charge in [-0.1, -0.05) is 0 Å². The zero-order chi connectivity index (χ0) is 12.1. The highest BCUT2D eigenvalue weighted by molar-refractivity contribution is 5.49. The van der Waals surface area contributed by atoms with Crippen LogP contribution in [0.2, 0.25) is 0 Å². The third-order valence-electron chi connectivity index (χ3n) is 1.96. The van der Waals surface area contributed by atoms with E-state index in [4.69, 9.17) is 5.26 Å². The summed E-state index contributed by atoms with van der Waals surface area (Å²) in [4.78, 5) is 10.4. The van der Waals surface area contributed by atoms with Gasteiger partial charge >= 0.3 is 0 Å². The van der Waals surface area contributed by atoms with Crippen LogP contribution >= 0.6 is 0 Å². The van der Waals surface area contributed by atoms with Crippen LogP contribution in [0.5, 0.6) is 0 Å². The van der Waals surface area contributed by atoms with E-state index in [9.17, 15) is 0 Å². The molecule has 1 aromatic rings. The number of nitrogens with zero attached hydrogens (tertiary/aromatic N) is 4. The lowest BCUT2D eigenvalue weighted by molar-refractivity contribution is 0.875. The highest BCUT2D eigenvalue weighted by Crippen LogP contribution is 2.14. The highest BCUT2D eigenvalue weighted by Gasteiger charge is 2.06. The van der Waals surface area contributed by atoms with Crippen LogP contribution in [0.25, 0.3) is 0 Å². The molecular weight excluding hydrogens is 202 g/mol. The largest absolute Gasteiger partial charge is 0.368 e. The van der Waals surface area contributed by atoms with Crippen LogP contribution in [-0.2, 0) is 0 Å². The molecular formula is C11H17N5. The first kappa shape index (κ1) is 12.2. The summed E-state index contributed by atoms with van der Waals surface area (Å²) in [7, 11) is 1.84. The summed E-state index contributed by atoms with van der Waals surface area (Å²) in [6.45, 7) is 6.26. The summed E-state index contributed by atoms with van der Waals surface area (Å²) < 4.78 is 0. The lowest BCUT2D eigenvalue weighted by atomic mass is 10.3. The van der Waals surface area contributed by atoms with E-state index in [0.717, 1.165) is 11.6 Å². The van der Waals surface area contributed by atoms with E-state index in [0.29, 0.717) is 18.4 Å². The summed E-state index contributed by atoms with van der Waals surface area (Å²) in [6.07, 6.45) is 0. The normalized spacial score (nSPS) is 10.0. The molecule has 86 valence electrons. The number of aromatic nitrogens is 2. The van der Waals surface area contributed by atoms with Gasteiger partial charge in [-0.15, -0.1) is 0 Å². The van der Waals surface area contributed by atoms with Crippen molar-refractivity contribution in [1.29, 1.82) is 5.26 Å². The predicted octanol–water partition coefficient (Wildman–Crippen LogP) is 1.57. The molecule has 0 saturated heterocycles. The molecule has 0 aliphatic rings. The molecule has 1 N–H and O–H groups in total. The van der Waals surface area contributed by atoms with Gasteiger partial charge in [0.15, 0.2) is 0 Å². The zero-order valence-corrected chi connectivity index (χ0v) is 10.2. The first-order valence-electron chi connectivity index (χ1n) is 5.23. The van der Waals surface area contributed by atoms with Crippen LogP contribution in [-0.4, -0.2) is 29.6 Å². The Kier molecular flexibility index (Phi) is 4.06. The summed E-state index contributed by atoms with van der Waals surface area (Å²) in [5.74, 6) is 2.25. The van der Waals surface area contributed by atoms with Gasteiger partial charge in [-0.05, 0) is 20.8 Å². The second-order valence-electron chi connectivity index (χ2n) is 3.97. The highest BCUT2D eigenvalue weighted by atomic mass is 15.2. The Balaban J connectivity index is 2.94. The molecule has 0 spiro atoms. The van der Waals surface area contributed by atoms with Gasteiger partial charge in [-0.25, -0.2) is 9.97 Å². The number of hydrogen-bond donors (Lipinski definition) is 1. The first-order valence-corrected chi connectivity index (χ1v) is 5.23. The van der Waals surface area contributed by atoms with E-state index < -0.39 is 0 Å². The Hall–Kier alpha value is -1.83. The van der Waals surface area contributed by atoms with Crippen molar-refractivity contribution in [3.8, 4) is 6.07 Å². The van der Waals surface area contributed by atoms with Gasteiger partial charge in [0.25, 0.3) is 0 Å². The van der Waals surface area contributed by atoms with Gasteiger partial charge in [0, 0.05) is 19.2 Å². The van der Waals surface area contributed by atoms with Crippen LogP contribution in [0.15, 0.2) is 6.07 Å². The topological polar surface area (TPSA) is 64.8 Å². The van der Waals surface area contributed by atoms with Crippen molar-refractivity contribution in [2.24, 2.45) is 0 Å². The Bertz CT molecular complexity index is 394. The van der Waals surface area contributed by atoms with Crippen molar-refractivity contribution < 1.29 is 0 Å². The number of hydrogen-bond acceptors (Lipinski definition) is 5. The van der Waals surface area contributed by atoms with Gasteiger partial charge in [-0.2, -0.15) is 5.26 Å². The van der Waals surface area contributed by atoms with E-state index in [1.54, 1.807) is 4.90 Å². The molecule has 0 fully saturated rings. The molecule has 5 heteroatoms. The summed E-state index contributed by atoms with van der Waals surface area (Å²) in [5.41, 5.74) is 0. The van der Waals surface area contributed by atoms with Gasteiger partial charge in [0.2, 0.25) is 0 Å². The van der Waals surface area contributed by atoms with E-state index in [-0.39, 0.29) is 0 Å². The molecule has 0 aliphatic heterocycles. The SMILES string of the molecule is Cc1nc(NC(C)C)cc(N(C)CC#N)n1.